The molecule has 0 saturated carbocycles. The summed E-state index contributed by atoms with van der Waals surface area (Å²) in [4.78, 5) is 32.7. The van der Waals surface area contributed by atoms with Gasteiger partial charge in [-0.1, -0.05) is 43.8 Å². The number of ether oxygens (including phenoxy) is 2. The number of aliphatic imine (C=N–C) groups is 1. The first-order chi connectivity index (χ1) is 15.5. The highest BCUT2D eigenvalue weighted by atomic mass is 32.2. The molecule has 1 aromatic rings. The van der Waals surface area contributed by atoms with Crippen LogP contribution in [0.4, 0.5) is 0 Å². The summed E-state index contributed by atoms with van der Waals surface area (Å²) in [5.41, 5.74) is 1.97. The molecule has 7 nitrogen and oxygen atoms in total. The summed E-state index contributed by atoms with van der Waals surface area (Å²) in [5.74, 6) is 0.511. The third-order valence-electron chi connectivity index (χ3n) is 5.10. The van der Waals surface area contributed by atoms with E-state index in [-0.39, 0.29) is 12.3 Å². The number of amidine groups is 1. The van der Waals surface area contributed by atoms with E-state index in [4.69, 9.17) is 14.5 Å². The SMILES string of the molecule is COc1ccccc1C1C(C(=O)OC(C)(C)C)=C(C)N=C2SC=C(CC(=O)NCC(C)C)N21. The molecule has 8 heteroatoms. The third kappa shape index (κ3) is 5.79. The number of nitrogens with zero attached hydrogens (tertiary/aromatic N) is 2. The van der Waals surface area contributed by atoms with E-state index in [0.29, 0.717) is 29.5 Å². The monoisotopic (exact) mass is 471 g/mol. The maximum atomic E-state index is 13.4. The highest BCUT2D eigenvalue weighted by Gasteiger charge is 2.42. The molecule has 1 unspecified atom stereocenters. The fourth-order valence-electron chi connectivity index (χ4n) is 3.70. The topological polar surface area (TPSA) is 80.2 Å². The molecule has 0 radical (unpaired) electrons. The molecular weight excluding hydrogens is 438 g/mol. The van der Waals surface area contributed by atoms with Gasteiger partial charge in [-0.15, -0.1) is 0 Å². The second-order valence-corrected chi connectivity index (χ2v) is 10.3. The Kier molecular flexibility index (Phi) is 7.57. The van der Waals surface area contributed by atoms with Crippen LogP contribution in [0.2, 0.25) is 0 Å². The number of fused-ring (bicyclic) bond motifs is 1. The predicted octanol–water partition coefficient (Wildman–Crippen LogP) is 4.77. The van der Waals surface area contributed by atoms with Crippen molar-refractivity contribution < 1.29 is 19.1 Å². The number of thioether (sulfide) groups is 1. The Morgan fingerprint density at radius 2 is 1.94 bits per heavy atom. The molecule has 33 heavy (non-hydrogen) atoms. The lowest BCUT2D eigenvalue weighted by molar-refractivity contribution is -0.150. The minimum atomic E-state index is -0.658. The van der Waals surface area contributed by atoms with E-state index >= 15 is 0 Å². The maximum Gasteiger partial charge on any atom is 0.338 e. The first kappa shape index (κ1) is 24.9. The van der Waals surface area contributed by atoms with E-state index < -0.39 is 17.6 Å². The molecule has 3 rings (SSSR count). The summed E-state index contributed by atoms with van der Waals surface area (Å²) in [5, 5.41) is 5.63. The van der Waals surface area contributed by atoms with E-state index in [9.17, 15) is 9.59 Å². The number of nitrogens with one attached hydrogen (secondary N) is 1. The number of amides is 1. The summed E-state index contributed by atoms with van der Waals surface area (Å²) in [6.07, 6.45) is 0.186. The number of carbonyl (C=O) groups is 2. The van der Waals surface area contributed by atoms with E-state index in [0.717, 1.165) is 16.4 Å². The molecule has 1 N–H and O–H groups in total. The van der Waals surface area contributed by atoms with Gasteiger partial charge in [-0.3, -0.25) is 4.79 Å². The van der Waals surface area contributed by atoms with Crippen LogP contribution in [-0.4, -0.2) is 41.2 Å². The zero-order valence-corrected chi connectivity index (χ0v) is 21.2. The van der Waals surface area contributed by atoms with Gasteiger partial charge in [0.05, 0.1) is 30.8 Å². The summed E-state index contributed by atoms with van der Waals surface area (Å²) in [6.45, 7) is 12.1. The Morgan fingerprint density at radius 1 is 1.24 bits per heavy atom. The van der Waals surface area contributed by atoms with Crippen molar-refractivity contribution in [2.24, 2.45) is 10.9 Å². The second-order valence-electron chi connectivity index (χ2n) is 9.51. The molecule has 0 spiro atoms. The maximum absolute atomic E-state index is 13.4. The quantitative estimate of drug-likeness (QED) is 0.577. The fourth-order valence-corrected chi connectivity index (χ4v) is 4.66. The number of esters is 1. The van der Waals surface area contributed by atoms with Crippen LogP contribution in [0.15, 0.2) is 51.6 Å². The molecule has 0 aromatic heterocycles. The van der Waals surface area contributed by atoms with Crippen molar-refractivity contribution in [1.29, 1.82) is 0 Å². The van der Waals surface area contributed by atoms with Crippen molar-refractivity contribution in [2.45, 2.75) is 59.6 Å². The molecule has 2 aliphatic heterocycles. The lowest BCUT2D eigenvalue weighted by Gasteiger charge is -2.37. The number of methoxy groups -OCH3 is 1. The molecule has 0 saturated heterocycles. The van der Waals surface area contributed by atoms with E-state index in [1.54, 1.807) is 7.11 Å². The number of benzene rings is 1. The smallest absolute Gasteiger partial charge is 0.338 e. The lowest BCUT2D eigenvalue weighted by atomic mass is 9.93. The van der Waals surface area contributed by atoms with Gasteiger partial charge in [-0.25, -0.2) is 9.79 Å². The molecule has 1 atom stereocenters. The van der Waals surface area contributed by atoms with Crippen molar-refractivity contribution in [3.05, 3.63) is 52.2 Å². The molecular formula is C25H33N3O4S. The summed E-state index contributed by atoms with van der Waals surface area (Å²) in [7, 11) is 1.61. The summed E-state index contributed by atoms with van der Waals surface area (Å²) >= 11 is 1.45. The third-order valence-corrected chi connectivity index (χ3v) is 5.99. The van der Waals surface area contributed by atoms with Crippen molar-refractivity contribution >= 4 is 28.8 Å². The standard InChI is InChI=1S/C25H33N3O4S/c1-15(2)13-26-20(29)12-17-14-33-24-27-16(3)21(23(30)32-25(4,5)6)22(28(17)24)18-10-8-9-11-19(18)31-7/h8-11,14-15,22H,12-13H2,1-7H3,(H,26,29). The molecule has 178 valence electrons. The van der Waals surface area contributed by atoms with Crippen LogP contribution >= 0.6 is 11.8 Å². The van der Waals surface area contributed by atoms with Crippen molar-refractivity contribution in [2.75, 3.05) is 13.7 Å². The van der Waals surface area contributed by atoms with Gasteiger partial charge in [-0.05, 0) is 45.1 Å². The van der Waals surface area contributed by atoms with Crippen LogP contribution < -0.4 is 10.1 Å². The molecule has 2 aliphatic rings. The molecule has 0 bridgehead atoms. The number of allylic oxidation sites excluding steroid dienone is 1. The highest BCUT2D eigenvalue weighted by Crippen LogP contribution is 2.47. The van der Waals surface area contributed by atoms with E-state index in [1.165, 1.54) is 11.8 Å². The predicted molar refractivity (Wildman–Crippen MR) is 132 cm³/mol. The van der Waals surface area contributed by atoms with Crippen molar-refractivity contribution in [1.82, 2.24) is 10.2 Å². The van der Waals surface area contributed by atoms with Gasteiger partial charge in [0.15, 0.2) is 5.17 Å². The highest BCUT2D eigenvalue weighted by molar-refractivity contribution is 8.16. The van der Waals surface area contributed by atoms with Gasteiger partial charge < -0.3 is 19.7 Å². The summed E-state index contributed by atoms with van der Waals surface area (Å²) in [6, 6.07) is 7.07. The molecule has 0 aliphatic carbocycles. The Balaban J connectivity index is 2.05. The van der Waals surface area contributed by atoms with Crippen LogP contribution in [-0.2, 0) is 14.3 Å². The molecule has 0 fully saturated rings. The van der Waals surface area contributed by atoms with Crippen molar-refractivity contribution in [3.8, 4) is 5.75 Å². The average molecular weight is 472 g/mol. The van der Waals surface area contributed by atoms with Gasteiger partial charge in [0.25, 0.3) is 0 Å². The fraction of sp³-hybridized carbons (Fsp3) is 0.480. The molecule has 2 heterocycles. The van der Waals surface area contributed by atoms with Crippen molar-refractivity contribution in [3.63, 3.8) is 0 Å². The Labute approximate surface area is 200 Å². The first-order valence-corrected chi connectivity index (χ1v) is 12.0. The van der Waals surface area contributed by atoms with Gasteiger partial charge in [0, 0.05) is 17.8 Å². The molecule has 1 aromatic carbocycles. The lowest BCUT2D eigenvalue weighted by Crippen LogP contribution is -2.39. The number of hydrogen-bond acceptors (Lipinski definition) is 7. The number of hydrogen-bond donors (Lipinski definition) is 1. The molecule has 1 amide bonds. The van der Waals surface area contributed by atoms with E-state index in [1.807, 2.05) is 62.3 Å². The summed E-state index contributed by atoms with van der Waals surface area (Å²) < 4.78 is 11.4. The van der Waals surface area contributed by atoms with Gasteiger partial charge >= 0.3 is 5.97 Å². The van der Waals surface area contributed by atoms with Crippen LogP contribution in [0.1, 0.15) is 59.6 Å². The van der Waals surface area contributed by atoms with Crippen LogP contribution in [0.3, 0.4) is 0 Å². The Bertz CT molecular complexity index is 1020. The van der Waals surface area contributed by atoms with Gasteiger partial charge in [-0.2, -0.15) is 0 Å². The Morgan fingerprint density at radius 3 is 2.58 bits per heavy atom. The van der Waals surface area contributed by atoms with Crippen LogP contribution in [0, 0.1) is 5.92 Å². The van der Waals surface area contributed by atoms with Crippen LogP contribution in [0.25, 0.3) is 0 Å². The number of rotatable bonds is 7. The zero-order valence-electron chi connectivity index (χ0n) is 20.4. The second kappa shape index (κ2) is 10.0. The normalized spacial score (nSPS) is 18.1. The number of para-hydroxylation sites is 1. The van der Waals surface area contributed by atoms with Gasteiger partial charge in [0.1, 0.15) is 11.4 Å². The number of carbonyl (C=O) groups excluding carboxylic acids is 2. The Hall–Kier alpha value is -2.74. The average Bonchev–Trinajstić information content (AvgIpc) is 3.11. The van der Waals surface area contributed by atoms with Crippen LogP contribution in [0.5, 0.6) is 5.75 Å². The largest absolute Gasteiger partial charge is 0.496 e. The minimum absolute atomic E-state index is 0.0688. The first-order valence-electron chi connectivity index (χ1n) is 11.1. The van der Waals surface area contributed by atoms with E-state index in [2.05, 4.69) is 19.2 Å². The zero-order chi connectivity index (χ0) is 24.3. The van der Waals surface area contributed by atoms with Gasteiger partial charge in [0.2, 0.25) is 5.91 Å². The minimum Gasteiger partial charge on any atom is -0.496 e.